The highest BCUT2D eigenvalue weighted by molar-refractivity contribution is 5.90. The van der Waals surface area contributed by atoms with Crippen molar-refractivity contribution in [3.05, 3.63) is 29.8 Å². The lowest BCUT2D eigenvalue weighted by atomic mass is 9.75. The zero-order valence-electron chi connectivity index (χ0n) is 11.7. The van der Waals surface area contributed by atoms with Gasteiger partial charge in [0.15, 0.2) is 0 Å². The molecule has 1 atom stereocenters. The maximum atomic E-state index is 12.3. The van der Waals surface area contributed by atoms with Crippen molar-refractivity contribution in [3.8, 4) is 0 Å². The summed E-state index contributed by atoms with van der Waals surface area (Å²) in [6.07, 6.45) is 6.65. The van der Waals surface area contributed by atoms with Crippen LogP contribution in [0.5, 0.6) is 0 Å². The molecule has 0 bridgehead atoms. The number of hydrogen-bond acceptors (Lipinski definition) is 2. The predicted molar refractivity (Wildman–Crippen MR) is 78.9 cm³/mol. The predicted octanol–water partition coefficient (Wildman–Crippen LogP) is 3.00. The number of nitrogen functional groups attached to an aromatic ring is 1. The molecule has 0 aromatic heterocycles. The maximum Gasteiger partial charge on any atom is 0.230 e. The lowest BCUT2D eigenvalue weighted by molar-refractivity contribution is -0.124. The summed E-state index contributed by atoms with van der Waals surface area (Å²) in [7, 11) is 0. The van der Waals surface area contributed by atoms with E-state index in [1.54, 1.807) is 0 Å². The fourth-order valence-corrected chi connectivity index (χ4v) is 2.99. The Balaban J connectivity index is 2.15. The minimum Gasteiger partial charge on any atom is -0.399 e. The summed E-state index contributed by atoms with van der Waals surface area (Å²) in [6.45, 7) is 3.00. The molecule has 104 valence electrons. The van der Waals surface area contributed by atoms with Gasteiger partial charge >= 0.3 is 0 Å². The fraction of sp³-hybridized carbons (Fsp3) is 0.562. The molecule has 1 aromatic rings. The van der Waals surface area contributed by atoms with E-state index in [1.807, 2.05) is 24.3 Å². The third kappa shape index (κ3) is 2.91. The molecule has 1 amide bonds. The first-order chi connectivity index (χ1) is 9.19. The molecule has 0 radical (unpaired) electrons. The quantitative estimate of drug-likeness (QED) is 0.610. The number of unbranched alkanes of at least 4 members (excludes halogenated alkanes) is 3. The smallest absolute Gasteiger partial charge is 0.230 e. The van der Waals surface area contributed by atoms with Gasteiger partial charge in [-0.3, -0.25) is 4.79 Å². The molecule has 1 aliphatic heterocycles. The molecule has 19 heavy (non-hydrogen) atoms. The van der Waals surface area contributed by atoms with Gasteiger partial charge in [-0.25, -0.2) is 0 Å². The van der Waals surface area contributed by atoms with Crippen molar-refractivity contribution in [2.75, 3.05) is 12.3 Å². The molecule has 2 rings (SSSR count). The summed E-state index contributed by atoms with van der Waals surface area (Å²) in [4.78, 5) is 12.3. The van der Waals surface area contributed by atoms with Crippen molar-refractivity contribution in [3.63, 3.8) is 0 Å². The van der Waals surface area contributed by atoms with E-state index in [2.05, 4.69) is 12.2 Å². The Morgan fingerprint density at radius 2 is 1.95 bits per heavy atom. The van der Waals surface area contributed by atoms with E-state index < -0.39 is 0 Å². The standard InChI is InChI=1S/C16H24N2O/c1-2-3-4-5-10-16(11-12-18-15(16)19)13-6-8-14(17)9-7-13/h6-9H,2-5,10-12,17H2,1H3,(H,18,19). The monoisotopic (exact) mass is 260 g/mol. The van der Waals surface area contributed by atoms with Crippen molar-refractivity contribution in [2.24, 2.45) is 0 Å². The minimum absolute atomic E-state index is 0.189. The van der Waals surface area contributed by atoms with Crippen LogP contribution in [0.15, 0.2) is 24.3 Å². The summed E-state index contributed by atoms with van der Waals surface area (Å²) < 4.78 is 0. The number of amides is 1. The van der Waals surface area contributed by atoms with Gasteiger partial charge in [0.05, 0.1) is 5.41 Å². The molecule has 1 unspecified atom stereocenters. The SMILES string of the molecule is CCCCCCC1(c2ccc(N)cc2)CCNC1=O. The van der Waals surface area contributed by atoms with E-state index in [9.17, 15) is 4.79 Å². The molecule has 0 aliphatic carbocycles. The largest absolute Gasteiger partial charge is 0.399 e. The average molecular weight is 260 g/mol. The third-order valence-corrected chi connectivity index (χ3v) is 4.19. The van der Waals surface area contributed by atoms with Crippen LogP contribution in [0.2, 0.25) is 0 Å². The zero-order valence-corrected chi connectivity index (χ0v) is 11.7. The van der Waals surface area contributed by atoms with Crippen molar-refractivity contribution in [1.29, 1.82) is 0 Å². The van der Waals surface area contributed by atoms with Gasteiger partial charge in [-0.15, -0.1) is 0 Å². The highest BCUT2D eigenvalue weighted by Crippen LogP contribution is 2.37. The topological polar surface area (TPSA) is 55.1 Å². The molecular weight excluding hydrogens is 236 g/mol. The van der Waals surface area contributed by atoms with Crippen LogP contribution in [0.4, 0.5) is 5.69 Å². The van der Waals surface area contributed by atoms with Crippen LogP contribution >= 0.6 is 0 Å². The van der Waals surface area contributed by atoms with Crippen LogP contribution in [-0.2, 0) is 10.2 Å². The Hall–Kier alpha value is -1.51. The van der Waals surface area contributed by atoms with Crippen LogP contribution in [0.3, 0.4) is 0 Å². The number of nitrogens with one attached hydrogen (secondary N) is 1. The van der Waals surface area contributed by atoms with Gasteiger partial charge in [0.2, 0.25) is 5.91 Å². The number of hydrogen-bond donors (Lipinski definition) is 2. The van der Waals surface area contributed by atoms with E-state index in [1.165, 1.54) is 19.3 Å². The summed E-state index contributed by atoms with van der Waals surface area (Å²) >= 11 is 0. The number of benzene rings is 1. The van der Waals surface area contributed by atoms with Crippen molar-refractivity contribution >= 4 is 11.6 Å². The first-order valence-corrected chi connectivity index (χ1v) is 7.33. The maximum absolute atomic E-state index is 12.3. The average Bonchev–Trinajstić information content (AvgIpc) is 2.78. The second-order valence-electron chi connectivity index (χ2n) is 5.52. The molecule has 1 aromatic carbocycles. The van der Waals surface area contributed by atoms with Crippen LogP contribution < -0.4 is 11.1 Å². The summed E-state index contributed by atoms with van der Waals surface area (Å²) in [5.41, 5.74) is 7.30. The molecule has 0 spiro atoms. The molecule has 1 aliphatic rings. The second kappa shape index (κ2) is 6.09. The summed E-state index contributed by atoms with van der Waals surface area (Å²) in [5, 5.41) is 2.99. The van der Waals surface area contributed by atoms with Gasteiger partial charge in [-0.2, -0.15) is 0 Å². The van der Waals surface area contributed by atoms with Gasteiger partial charge in [0.1, 0.15) is 0 Å². The molecule has 3 heteroatoms. The fourth-order valence-electron chi connectivity index (χ4n) is 2.99. The second-order valence-corrected chi connectivity index (χ2v) is 5.52. The Morgan fingerprint density at radius 1 is 1.21 bits per heavy atom. The molecule has 0 saturated carbocycles. The lowest BCUT2D eigenvalue weighted by Gasteiger charge is -2.27. The van der Waals surface area contributed by atoms with Crippen LogP contribution in [-0.4, -0.2) is 12.5 Å². The molecule has 3 nitrogen and oxygen atoms in total. The number of carbonyl (C=O) groups excluding carboxylic acids is 1. The highest BCUT2D eigenvalue weighted by atomic mass is 16.2. The normalized spacial score (nSPS) is 22.5. The van der Waals surface area contributed by atoms with Gasteiger partial charge in [-0.1, -0.05) is 44.7 Å². The Labute approximate surface area is 115 Å². The van der Waals surface area contributed by atoms with Crippen LogP contribution in [0.25, 0.3) is 0 Å². The number of carbonyl (C=O) groups is 1. The van der Waals surface area contributed by atoms with E-state index in [-0.39, 0.29) is 11.3 Å². The zero-order chi connectivity index (χ0) is 13.7. The van der Waals surface area contributed by atoms with Crippen LogP contribution in [0, 0.1) is 0 Å². The Kier molecular flexibility index (Phi) is 4.46. The molecule has 1 saturated heterocycles. The minimum atomic E-state index is -0.318. The van der Waals surface area contributed by atoms with Crippen molar-refractivity contribution in [1.82, 2.24) is 5.32 Å². The lowest BCUT2D eigenvalue weighted by Crippen LogP contribution is -2.35. The molecular formula is C16H24N2O. The van der Waals surface area contributed by atoms with E-state index in [0.29, 0.717) is 0 Å². The van der Waals surface area contributed by atoms with Crippen molar-refractivity contribution < 1.29 is 4.79 Å². The number of anilines is 1. The molecule has 3 N–H and O–H groups in total. The molecule has 1 fully saturated rings. The summed E-state index contributed by atoms with van der Waals surface area (Å²) in [6, 6.07) is 7.82. The molecule has 1 heterocycles. The Morgan fingerprint density at radius 3 is 2.53 bits per heavy atom. The van der Waals surface area contributed by atoms with Gasteiger partial charge in [0.25, 0.3) is 0 Å². The van der Waals surface area contributed by atoms with E-state index in [4.69, 9.17) is 5.73 Å². The van der Waals surface area contributed by atoms with Crippen molar-refractivity contribution in [2.45, 2.75) is 50.9 Å². The van der Waals surface area contributed by atoms with Gasteiger partial charge < -0.3 is 11.1 Å². The first kappa shape index (κ1) is 13.9. The van der Waals surface area contributed by atoms with E-state index in [0.717, 1.165) is 37.1 Å². The highest BCUT2D eigenvalue weighted by Gasteiger charge is 2.42. The van der Waals surface area contributed by atoms with Crippen LogP contribution in [0.1, 0.15) is 51.0 Å². The van der Waals surface area contributed by atoms with Gasteiger partial charge in [-0.05, 0) is 30.5 Å². The number of nitrogens with two attached hydrogens (primary N) is 1. The first-order valence-electron chi connectivity index (χ1n) is 7.33. The third-order valence-electron chi connectivity index (χ3n) is 4.19. The van der Waals surface area contributed by atoms with Gasteiger partial charge in [0, 0.05) is 12.2 Å². The van der Waals surface area contributed by atoms with E-state index >= 15 is 0 Å². The number of rotatable bonds is 6. The Bertz CT molecular complexity index is 427. The summed E-state index contributed by atoms with van der Waals surface area (Å²) in [5.74, 6) is 0.189.